The molecule has 1 heterocycles. The van der Waals surface area contributed by atoms with Crippen LogP contribution in [0.15, 0.2) is 12.2 Å². The summed E-state index contributed by atoms with van der Waals surface area (Å²) >= 11 is 0. The van der Waals surface area contributed by atoms with Crippen molar-refractivity contribution in [3.8, 4) is 0 Å². The number of ketones is 1. The predicted molar refractivity (Wildman–Crippen MR) is 123 cm³/mol. The molecule has 5 atom stereocenters. The SMILES string of the molecule is CCCCCCCC/C=C\CCCCCCCC(=O)C[C@H]1O[C@H](CO)[C@@H](O)[C@H](O)[C@H]1O. The Morgan fingerprint density at radius 3 is 1.84 bits per heavy atom. The fraction of sp³-hybridized carbons (Fsp3) is 0.880. The van der Waals surface area contributed by atoms with E-state index in [1.165, 1.54) is 57.8 Å². The van der Waals surface area contributed by atoms with E-state index in [4.69, 9.17) is 4.74 Å². The van der Waals surface area contributed by atoms with Crippen molar-refractivity contribution in [3.05, 3.63) is 12.2 Å². The van der Waals surface area contributed by atoms with Gasteiger partial charge >= 0.3 is 0 Å². The number of hydrogen-bond acceptors (Lipinski definition) is 6. The molecule has 4 N–H and O–H groups in total. The van der Waals surface area contributed by atoms with Gasteiger partial charge in [-0.1, -0.05) is 70.4 Å². The van der Waals surface area contributed by atoms with Gasteiger partial charge in [0, 0.05) is 12.8 Å². The number of Topliss-reactive ketones (excluding diaryl/α,β-unsaturated/α-hetero) is 1. The number of hydrogen-bond donors (Lipinski definition) is 4. The molecule has 1 saturated heterocycles. The maximum Gasteiger partial charge on any atom is 0.135 e. The van der Waals surface area contributed by atoms with E-state index in [1.807, 2.05) is 0 Å². The van der Waals surface area contributed by atoms with Crippen molar-refractivity contribution in [1.82, 2.24) is 0 Å². The van der Waals surface area contributed by atoms with E-state index in [9.17, 15) is 25.2 Å². The van der Waals surface area contributed by atoms with E-state index < -0.39 is 37.1 Å². The van der Waals surface area contributed by atoms with Crippen LogP contribution in [0.25, 0.3) is 0 Å². The van der Waals surface area contributed by atoms with Gasteiger partial charge in [-0.15, -0.1) is 0 Å². The summed E-state index contributed by atoms with van der Waals surface area (Å²) in [5.74, 6) is -0.0260. The van der Waals surface area contributed by atoms with Crippen molar-refractivity contribution < 1.29 is 30.0 Å². The van der Waals surface area contributed by atoms with Gasteiger partial charge in [-0.05, 0) is 32.1 Å². The Morgan fingerprint density at radius 1 is 0.742 bits per heavy atom. The van der Waals surface area contributed by atoms with Crippen molar-refractivity contribution in [2.24, 2.45) is 0 Å². The molecule has 0 saturated carbocycles. The van der Waals surface area contributed by atoms with Gasteiger partial charge in [0.15, 0.2) is 0 Å². The van der Waals surface area contributed by atoms with Crippen LogP contribution in [0, 0.1) is 0 Å². The molecule has 0 bridgehead atoms. The maximum absolute atomic E-state index is 12.2. The number of rotatable bonds is 18. The Morgan fingerprint density at radius 2 is 1.26 bits per heavy atom. The molecule has 1 rings (SSSR count). The van der Waals surface area contributed by atoms with Crippen LogP contribution >= 0.6 is 0 Å². The van der Waals surface area contributed by atoms with Crippen LogP contribution in [-0.2, 0) is 9.53 Å². The van der Waals surface area contributed by atoms with Crippen LogP contribution < -0.4 is 0 Å². The predicted octanol–water partition coefficient (Wildman–Crippen LogP) is 3.83. The highest BCUT2D eigenvalue weighted by Crippen LogP contribution is 2.24. The first-order valence-corrected chi connectivity index (χ1v) is 12.5. The smallest absolute Gasteiger partial charge is 0.135 e. The molecule has 1 fully saturated rings. The number of unbranched alkanes of at least 4 members (excludes halogenated alkanes) is 11. The molecular weight excluding hydrogens is 396 g/mol. The molecule has 31 heavy (non-hydrogen) atoms. The minimum atomic E-state index is -1.41. The molecular formula is C25H46O6. The zero-order valence-corrected chi connectivity index (χ0v) is 19.5. The lowest BCUT2D eigenvalue weighted by Gasteiger charge is -2.39. The number of aliphatic hydroxyl groups excluding tert-OH is 4. The Balaban J connectivity index is 1.99. The van der Waals surface area contributed by atoms with Gasteiger partial charge in [0.05, 0.1) is 12.7 Å². The quantitative estimate of drug-likeness (QED) is 0.190. The van der Waals surface area contributed by atoms with Gasteiger partial charge in [0.1, 0.15) is 30.2 Å². The lowest BCUT2D eigenvalue weighted by Crippen LogP contribution is -2.58. The van der Waals surface area contributed by atoms with Crippen LogP contribution in [0.3, 0.4) is 0 Å². The van der Waals surface area contributed by atoms with Gasteiger partial charge in [0.2, 0.25) is 0 Å². The molecule has 0 aromatic rings. The van der Waals surface area contributed by atoms with E-state index in [-0.39, 0.29) is 12.2 Å². The van der Waals surface area contributed by atoms with Crippen molar-refractivity contribution in [2.45, 2.75) is 134 Å². The van der Waals surface area contributed by atoms with Gasteiger partial charge in [-0.25, -0.2) is 0 Å². The maximum atomic E-state index is 12.2. The fourth-order valence-electron chi connectivity index (χ4n) is 4.07. The third kappa shape index (κ3) is 12.1. The number of ether oxygens (including phenoxy) is 1. The van der Waals surface area contributed by atoms with Crippen molar-refractivity contribution in [1.29, 1.82) is 0 Å². The first kappa shape index (κ1) is 28.2. The number of allylic oxidation sites excluding steroid dienone is 2. The second kappa shape index (κ2) is 17.7. The number of aliphatic hydroxyl groups is 4. The summed E-state index contributed by atoms with van der Waals surface area (Å²) in [7, 11) is 0. The summed E-state index contributed by atoms with van der Waals surface area (Å²) in [6, 6.07) is 0. The topological polar surface area (TPSA) is 107 Å². The molecule has 0 aromatic heterocycles. The summed E-state index contributed by atoms with van der Waals surface area (Å²) < 4.78 is 5.39. The monoisotopic (exact) mass is 442 g/mol. The number of carbonyl (C=O) groups is 1. The Hall–Kier alpha value is -0.790. The van der Waals surface area contributed by atoms with E-state index in [2.05, 4.69) is 19.1 Å². The van der Waals surface area contributed by atoms with E-state index >= 15 is 0 Å². The van der Waals surface area contributed by atoms with Gasteiger partial charge in [-0.3, -0.25) is 4.79 Å². The normalized spacial score (nSPS) is 26.5. The second-order valence-corrected chi connectivity index (χ2v) is 8.94. The Labute approximate surface area is 188 Å². The summed E-state index contributed by atoms with van der Waals surface area (Å²) in [6.45, 7) is 1.78. The average Bonchev–Trinajstić information content (AvgIpc) is 2.76. The third-order valence-corrected chi connectivity index (χ3v) is 6.14. The molecule has 0 spiro atoms. The lowest BCUT2D eigenvalue weighted by molar-refractivity contribution is -0.229. The first-order valence-electron chi connectivity index (χ1n) is 12.5. The molecule has 1 aliphatic heterocycles. The summed E-state index contributed by atoms with van der Waals surface area (Å²) in [5.41, 5.74) is 0. The summed E-state index contributed by atoms with van der Waals surface area (Å²) in [5, 5.41) is 38.8. The first-order chi connectivity index (χ1) is 15.0. The van der Waals surface area contributed by atoms with Gasteiger partial charge in [0.25, 0.3) is 0 Å². The van der Waals surface area contributed by atoms with Crippen molar-refractivity contribution >= 4 is 5.78 Å². The molecule has 1 aliphatic rings. The fourth-order valence-corrected chi connectivity index (χ4v) is 4.07. The molecule has 6 heteroatoms. The highest BCUT2D eigenvalue weighted by atomic mass is 16.5. The molecule has 6 nitrogen and oxygen atoms in total. The highest BCUT2D eigenvalue weighted by molar-refractivity contribution is 5.78. The van der Waals surface area contributed by atoms with Crippen LogP contribution in [-0.4, -0.2) is 63.3 Å². The van der Waals surface area contributed by atoms with Crippen LogP contribution in [0.4, 0.5) is 0 Å². The minimum absolute atomic E-state index is 0.00908. The number of carbonyl (C=O) groups excluding carboxylic acids is 1. The zero-order chi connectivity index (χ0) is 22.9. The van der Waals surface area contributed by atoms with Crippen LogP contribution in [0.5, 0.6) is 0 Å². The second-order valence-electron chi connectivity index (χ2n) is 8.94. The van der Waals surface area contributed by atoms with E-state index in [0.29, 0.717) is 6.42 Å². The van der Waals surface area contributed by atoms with Crippen LogP contribution in [0.2, 0.25) is 0 Å². The van der Waals surface area contributed by atoms with Crippen molar-refractivity contribution in [3.63, 3.8) is 0 Å². The van der Waals surface area contributed by atoms with Crippen molar-refractivity contribution in [2.75, 3.05) is 6.61 Å². The standard InChI is InChI=1S/C25H46O6/c1-2-3-4-5-6-7-8-9-10-11-12-13-14-15-16-17-20(27)18-21-23(28)25(30)24(29)22(19-26)31-21/h9-10,21-26,28-30H,2-8,11-19H2,1H3/b10-9-/t21-,22-,23+,24-,25-/m1/s1. The van der Waals surface area contributed by atoms with E-state index in [0.717, 1.165) is 25.7 Å². The largest absolute Gasteiger partial charge is 0.394 e. The third-order valence-electron chi connectivity index (χ3n) is 6.14. The van der Waals surface area contributed by atoms with Crippen LogP contribution in [0.1, 0.15) is 103 Å². The molecule has 0 aliphatic carbocycles. The average molecular weight is 443 g/mol. The van der Waals surface area contributed by atoms with Gasteiger partial charge in [-0.2, -0.15) is 0 Å². The minimum Gasteiger partial charge on any atom is -0.394 e. The van der Waals surface area contributed by atoms with Gasteiger partial charge < -0.3 is 25.2 Å². The summed E-state index contributed by atoms with van der Waals surface area (Å²) in [4.78, 5) is 12.2. The molecule has 0 amide bonds. The summed E-state index contributed by atoms with van der Waals surface area (Å²) in [6.07, 6.45) is 14.8. The molecule has 0 unspecified atom stereocenters. The molecule has 0 radical (unpaired) electrons. The Kier molecular flexibility index (Phi) is 16.2. The Bertz CT molecular complexity index is 479. The highest BCUT2D eigenvalue weighted by Gasteiger charge is 2.43. The zero-order valence-electron chi connectivity index (χ0n) is 19.5. The lowest BCUT2D eigenvalue weighted by atomic mass is 9.92. The van der Waals surface area contributed by atoms with E-state index in [1.54, 1.807) is 0 Å². The molecule has 0 aromatic carbocycles. The molecule has 182 valence electrons.